The third-order valence-corrected chi connectivity index (χ3v) is 11.8. The molecule has 50 heavy (non-hydrogen) atoms. The van der Waals surface area contributed by atoms with Gasteiger partial charge in [-0.15, -0.1) is 0 Å². The molecule has 1 saturated carbocycles. The van der Waals surface area contributed by atoms with Gasteiger partial charge >= 0.3 is 0 Å². The van der Waals surface area contributed by atoms with Crippen LogP contribution in [0, 0.1) is 23.7 Å². The van der Waals surface area contributed by atoms with Crippen molar-refractivity contribution in [2.45, 2.75) is 30.6 Å². The van der Waals surface area contributed by atoms with E-state index in [-0.39, 0.29) is 42.7 Å². The molecule has 0 spiro atoms. The molecule has 3 fully saturated rings. The zero-order valence-corrected chi connectivity index (χ0v) is 29.0. The van der Waals surface area contributed by atoms with E-state index in [0.29, 0.717) is 32.7 Å². The highest BCUT2D eigenvalue weighted by Gasteiger charge is 2.70. The number of carbonyl (C=O) groups is 4. The van der Waals surface area contributed by atoms with Crippen LogP contribution in [0.15, 0.2) is 113 Å². The van der Waals surface area contributed by atoms with Crippen LogP contribution >= 0.6 is 27.5 Å². The van der Waals surface area contributed by atoms with Crippen molar-refractivity contribution in [2.75, 3.05) is 11.4 Å². The zero-order valence-electron chi connectivity index (χ0n) is 26.7. The Balaban J connectivity index is 1.29. The summed E-state index contributed by atoms with van der Waals surface area (Å²) in [7, 11) is 0. The van der Waals surface area contributed by atoms with Crippen molar-refractivity contribution in [2.24, 2.45) is 23.7 Å². The average molecular weight is 752 g/mol. The van der Waals surface area contributed by atoms with E-state index in [1.54, 1.807) is 66.7 Å². The molecule has 4 aliphatic rings. The average Bonchev–Trinajstić information content (AvgIpc) is 3.50. The molecule has 252 valence electrons. The van der Waals surface area contributed by atoms with Gasteiger partial charge in [0.05, 0.1) is 28.9 Å². The molecule has 0 aromatic heterocycles. The summed E-state index contributed by atoms with van der Waals surface area (Å²) >= 11 is 9.94. The van der Waals surface area contributed by atoms with Gasteiger partial charge in [-0.25, -0.2) is 4.90 Å². The normalized spacial score (nSPS) is 27.2. The predicted octanol–water partition coefficient (Wildman–Crippen LogP) is 6.92. The van der Waals surface area contributed by atoms with Crippen LogP contribution in [0.1, 0.15) is 35.4 Å². The number of benzene rings is 4. The molecule has 2 heterocycles. The van der Waals surface area contributed by atoms with E-state index in [1.807, 2.05) is 36.4 Å². The number of aromatic hydroxyl groups is 2. The minimum atomic E-state index is -1.47. The number of rotatable bonds is 6. The van der Waals surface area contributed by atoms with E-state index < -0.39 is 46.8 Å². The highest BCUT2D eigenvalue weighted by Crippen LogP contribution is 2.65. The van der Waals surface area contributed by atoms with Gasteiger partial charge in [0.1, 0.15) is 11.5 Å². The number of imide groups is 2. The van der Waals surface area contributed by atoms with E-state index in [1.165, 1.54) is 9.80 Å². The first-order chi connectivity index (χ1) is 24.1. The quantitative estimate of drug-likeness (QED) is 0.163. The van der Waals surface area contributed by atoms with E-state index in [2.05, 4.69) is 15.9 Å². The largest absolute Gasteiger partial charge is 0.508 e. The second-order valence-corrected chi connectivity index (χ2v) is 14.9. The van der Waals surface area contributed by atoms with Gasteiger partial charge in [-0.3, -0.25) is 24.1 Å². The lowest BCUT2D eigenvalue weighted by Gasteiger charge is -2.50. The van der Waals surface area contributed by atoms with Gasteiger partial charge in [-0.2, -0.15) is 0 Å². The fourth-order valence-corrected chi connectivity index (χ4v) is 9.60. The van der Waals surface area contributed by atoms with Crippen molar-refractivity contribution in [3.05, 3.63) is 135 Å². The van der Waals surface area contributed by atoms with Gasteiger partial charge in [-0.1, -0.05) is 87.7 Å². The van der Waals surface area contributed by atoms with Crippen LogP contribution in [0.3, 0.4) is 0 Å². The summed E-state index contributed by atoms with van der Waals surface area (Å²) in [6, 6.07) is 27.6. The lowest BCUT2D eigenvalue weighted by molar-refractivity contribution is -0.140. The number of hydrogen-bond donors (Lipinski definition) is 2. The van der Waals surface area contributed by atoms with Gasteiger partial charge < -0.3 is 10.2 Å². The van der Waals surface area contributed by atoms with E-state index >= 15 is 4.79 Å². The van der Waals surface area contributed by atoms with Crippen molar-refractivity contribution in [1.82, 2.24) is 4.90 Å². The number of phenolic OH excluding ortho intramolecular Hbond substituents is 2. The summed E-state index contributed by atoms with van der Waals surface area (Å²) < 4.78 is 0.678. The highest BCUT2D eigenvalue weighted by atomic mass is 79.9. The number of allylic oxidation sites excluding steroid dienone is 2. The Bertz CT molecular complexity index is 2100. The van der Waals surface area contributed by atoms with Crippen LogP contribution in [0.4, 0.5) is 5.69 Å². The summed E-state index contributed by atoms with van der Waals surface area (Å²) in [6.45, 7) is 0.185. The third-order valence-electron chi connectivity index (χ3n) is 11.1. The maximum atomic E-state index is 15.3. The minimum Gasteiger partial charge on any atom is -0.508 e. The smallest absolute Gasteiger partial charge is 0.246 e. The van der Waals surface area contributed by atoms with Crippen LogP contribution in [-0.4, -0.2) is 45.3 Å². The number of anilines is 1. The van der Waals surface area contributed by atoms with Crippen molar-refractivity contribution in [3.63, 3.8) is 0 Å². The van der Waals surface area contributed by atoms with Crippen molar-refractivity contribution in [1.29, 1.82) is 0 Å². The molecular weight excluding hydrogens is 720 g/mol. The summed E-state index contributed by atoms with van der Waals surface area (Å²) in [5.41, 5.74) is 1.61. The van der Waals surface area contributed by atoms with Gasteiger partial charge in [-0.05, 0) is 84.8 Å². The third kappa shape index (κ3) is 4.85. The van der Waals surface area contributed by atoms with Crippen LogP contribution in [0.2, 0.25) is 5.02 Å². The molecule has 8 nitrogen and oxygen atoms in total. The molecule has 2 N–H and O–H groups in total. The number of hydrogen-bond acceptors (Lipinski definition) is 6. The van der Waals surface area contributed by atoms with Crippen molar-refractivity contribution in [3.8, 4) is 11.5 Å². The zero-order chi connectivity index (χ0) is 34.9. The molecule has 2 aliphatic heterocycles. The number of nitrogens with zero attached hydrogens (tertiary/aromatic N) is 2. The molecule has 4 aromatic rings. The molecule has 6 atom stereocenters. The minimum absolute atomic E-state index is 0.0401. The maximum absolute atomic E-state index is 15.3. The molecule has 10 heteroatoms. The van der Waals surface area contributed by atoms with E-state index in [4.69, 9.17) is 11.6 Å². The number of phenols is 2. The highest BCUT2D eigenvalue weighted by molar-refractivity contribution is 9.10. The Morgan fingerprint density at radius 1 is 0.820 bits per heavy atom. The molecule has 4 amide bonds. The summed E-state index contributed by atoms with van der Waals surface area (Å²) in [5.74, 6) is -4.91. The number of likely N-dealkylation sites (tertiary alicyclic amines) is 1. The summed E-state index contributed by atoms with van der Waals surface area (Å²) in [5, 5.41) is 21.6. The first-order valence-electron chi connectivity index (χ1n) is 16.6. The molecule has 2 saturated heterocycles. The van der Waals surface area contributed by atoms with Gasteiger partial charge in [0.2, 0.25) is 23.6 Å². The standard InChI is InChI=1S/C40H32BrClN2O6/c41-24-11-16-33(46)31(19-24)35-28-14-15-29-34(38(49)43(36(29)47)18-17-22-9-12-27(45)13-10-22)30(28)21-32-37(48)44(26-8-4-7-25(42)20-26)39(50)40(32,35)23-5-2-1-3-6-23/h1-14,16,19-20,29-30,32,34-35,45-46H,15,17-18,21H2. The molecule has 6 unspecified atom stereocenters. The van der Waals surface area contributed by atoms with Crippen LogP contribution in [0.25, 0.3) is 0 Å². The number of fused-ring (bicyclic) bond motifs is 4. The first-order valence-corrected chi connectivity index (χ1v) is 17.8. The summed E-state index contributed by atoms with van der Waals surface area (Å²) in [4.78, 5) is 60.9. The second-order valence-electron chi connectivity index (χ2n) is 13.5. The first kappa shape index (κ1) is 32.5. The number of carbonyl (C=O) groups excluding carboxylic acids is 4. The molecule has 0 radical (unpaired) electrons. The van der Waals surface area contributed by atoms with Crippen molar-refractivity contribution < 1.29 is 29.4 Å². The summed E-state index contributed by atoms with van der Waals surface area (Å²) in [6.07, 6.45) is 2.86. The van der Waals surface area contributed by atoms with Gasteiger partial charge in [0.25, 0.3) is 0 Å². The number of amides is 4. The molecule has 8 rings (SSSR count). The van der Waals surface area contributed by atoms with Crippen LogP contribution in [-0.2, 0) is 31.0 Å². The van der Waals surface area contributed by atoms with Crippen molar-refractivity contribution >= 4 is 56.8 Å². The van der Waals surface area contributed by atoms with E-state index in [9.17, 15) is 24.6 Å². The Kier molecular flexibility index (Phi) is 7.95. The molecule has 2 aliphatic carbocycles. The monoisotopic (exact) mass is 750 g/mol. The second kappa shape index (κ2) is 12.2. The fraction of sp³-hybridized carbons (Fsp3) is 0.250. The Morgan fingerprint density at radius 2 is 1.58 bits per heavy atom. The lowest BCUT2D eigenvalue weighted by atomic mass is 9.49. The Labute approximate surface area is 302 Å². The number of halogens is 2. The molecular formula is C40H32BrClN2O6. The van der Waals surface area contributed by atoms with E-state index in [0.717, 1.165) is 11.1 Å². The van der Waals surface area contributed by atoms with Crippen LogP contribution in [0.5, 0.6) is 11.5 Å². The van der Waals surface area contributed by atoms with Crippen LogP contribution < -0.4 is 4.90 Å². The maximum Gasteiger partial charge on any atom is 0.246 e. The molecule has 4 aromatic carbocycles. The topological polar surface area (TPSA) is 115 Å². The molecule has 0 bridgehead atoms. The van der Waals surface area contributed by atoms with Gasteiger partial charge in [0, 0.05) is 27.5 Å². The Hall–Kier alpha value is -4.73. The predicted molar refractivity (Wildman–Crippen MR) is 190 cm³/mol. The Morgan fingerprint density at radius 3 is 2.32 bits per heavy atom. The lowest BCUT2D eigenvalue weighted by Crippen LogP contribution is -2.53. The SMILES string of the molecule is O=C1C2CC=C3C(CC4C(=O)N(c5cccc(Cl)c5)C(=O)C4(c4ccccc4)C3c3cc(Br)ccc3O)C2C(=O)N1CCc1ccc(O)cc1. The fourth-order valence-electron chi connectivity index (χ4n) is 9.03. The van der Waals surface area contributed by atoms with Gasteiger partial charge in [0.15, 0.2) is 0 Å².